The van der Waals surface area contributed by atoms with Crippen LogP contribution in [0.1, 0.15) is 65.2 Å². The van der Waals surface area contributed by atoms with E-state index in [0.29, 0.717) is 25.7 Å². The smallest absolute Gasteiger partial charge is 0.272 e. The number of carbonyl (C=O) groups is 1. The summed E-state index contributed by atoms with van der Waals surface area (Å²) in [6.07, 6.45) is 3.66. The Morgan fingerprint density at radius 3 is 2.48 bits per heavy atom. The lowest BCUT2D eigenvalue weighted by Gasteiger charge is -2.63. The fourth-order valence-electron chi connectivity index (χ4n) is 6.83. The first-order chi connectivity index (χ1) is 11.6. The van der Waals surface area contributed by atoms with Gasteiger partial charge in [-0.3, -0.25) is 4.79 Å². The highest BCUT2D eigenvalue weighted by Gasteiger charge is 2.71. The van der Waals surface area contributed by atoms with Crippen LogP contribution in [0.15, 0.2) is 11.6 Å². The number of carbonyl (C=O) groups excluding carboxylic acids is 1. The third kappa shape index (κ3) is 2.05. The number of rotatable bonds is 1. The van der Waals surface area contributed by atoms with E-state index in [-0.39, 0.29) is 33.8 Å². The van der Waals surface area contributed by atoms with E-state index in [9.17, 15) is 13.6 Å². The molecule has 0 saturated heterocycles. The molecule has 4 aliphatic carbocycles. The van der Waals surface area contributed by atoms with Crippen LogP contribution in [0.4, 0.5) is 13.2 Å². The van der Waals surface area contributed by atoms with Crippen molar-refractivity contribution in [2.24, 2.45) is 22.7 Å². The van der Waals surface area contributed by atoms with Crippen molar-refractivity contribution in [3.63, 3.8) is 0 Å². The topological polar surface area (TPSA) is 17.1 Å². The quantitative estimate of drug-likeness (QED) is 0.476. The second-order valence-corrected chi connectivity index (χ2v) is 10.6. The zero-order valence-corrected chi connectivity index (χ0v) is 16.5. The van der Waals surface area contributed by atoms with E-state index in [1.807, 2.05) is 6.08 Å². The molecule has 6 atom stereocenters. The molecule has 3 fully saturated rings. The Morgan fingerprint density at radius 2 is 1.80 bits per heavy atom. The van der Waals surface area contributed by atoms with Gasteiger partial charge in [-0.1, -0.05) is 35.4 Å². The summed E-state index contributed by atoms with van der Waals surface area (Å²) in [6, 6.07) is 0. The zero-order valence-electron chi connectivity index (χ0n) is 14.9. The third-order valence-electron chi connectivity index (χ3n) is 8.57. The molecule has 1 unspecified atom stereocenters. The normalized spacial score (nSPS) is 52.4. The van der Waals surface area contributed by atoms with Crippen molar-refractivity contribution in [1.29, 1.82) is 0 Å². The molecule has 0 aromatic rings. The summed E-state index contributed by atoms with van der Waals surface area (Å²) in [4.78, 5) is 11.9. The summed E-state index contributed by atoms with van der Waals surface area (Å²) in [5.41, 5.74) is -2.22. The molecule has 3 saturated carbocycles. The van der Waals surface area contributed by atoms with Crippen molar-refractivity contribution >= 4 is 21.7 Å². The largest absolute Gasteiger partial charge is 0.295 e. The van der Waals surface area contributed by atoms with Crippen molar-refractivity contribution in [2.75, 3.05) is 0 Å². The second kappa shape index (κ2) is 5.36. The Morgan fingerprint density at radius 1 is 1.08 bits per heavy atom. The molecule has 0 radical (unpaired) electrons. The SMILES string of the molecule is C[C@]12CC[C@]3(Br)[C@@H](CCC4=CC(=O)CC[C@@]43C)[C@@H]1CCC2(F)C(F)F. The van der Waals surface area contributed by atoms with Gasteiger partial charge in [-0.25, -0.2) is 13.2 Å². The van der Waals surface area contributed by atoms with Crippen molar-refractivity contribution < 1.29 is 18.0 Å². The fourth-order valence-corrected chi connectivity index (χ4v) is 8.03. The van der Waals surface area contributed by atoms with Crippen LogP contribution in [0.2, 0.25) is 0 Å². The molecule has 0 aromatic heterocycles. The third-order valence-corrected chi connectivity index (χ3v) is 10.4. The van der Waals surface area contributed by atoms with Gasteiger partial charge in [-0.05, 0) is 62.9 Å². The van der Waals surface area contributed by atoms with E-state index in [1.165, 1.54) is 5.57 Å². The summed E-state index contributed by atoms with van der Waals surface area (Å²) in [5.74, 6) is 0.373. The maximum Gasteiger partial charge on any atom is 0.272 e. The molecule has 1 nitrogen and oxygen atoms in total. The minimum Gasteiger partial charge on any atom is -0.295 e. The average Bonchev–Trinajstić information content (AvgIpc) is 2.83. The number of hydrogen-bond donors (Lipinski definition) is 0. The molecule has 0 aromatic carbocycles. The number of alkyl halides is 4. The van der Waals surface area contributed by atoms with Gasteiger partial charge in [0.1, 0.15) is 0 Å². The summed E-state index contributed by atoms with van der Waals surface area (Å²) < 4.78 is 42.3. The van der Waals surface area contributed by atoms with E-state index >= 15 is 4.39 Å². The van der Waals surface area contributed by atoms with Gasteiger partial charge in [-0.2, -0.15) is 0 Å². The Balaban J connectivity index is 1.75. The van der Waals surface area contributed by atoms with Crippen molar-refractivity contribution in [1.82, 2.24) is 0 Å². The molecule has 0 bridgehead atoms. The second-order valence-electron chi connectivity index (χ2n) is 9.20. The van der Waals surface area contributed by atoms with Crippen LogP contribution in [0.25, 0.3) is 0 Å². The van der Waals surface area contributed by atoms with Gasteiger partial charge < -0.3 is 0 Å². The molecule has 0 amide bonds. The number of ketones is 1. The minimum atomic E-state index is -2.91. The van der Waals surface area contributed by atoms with Gasteiger partial charge in [0.05, 0.1) is 0 Å². The fraction of sp³-hybridized carbons (Fsp3) is 0.850. The monoisotopic (exact) mass is 418 g/mol. The van der Waals surface area contributed by atoms with Gasteiger partial charge in [0.15, 0.2) is 11.5 Å². The minimum absolute atomic E-state index is 0.0179. The first kappa shape index (κ1) is 18.1. The van der Waals surface area contributed by atoms with Gasteiger partial charge >= 0.3 is 0 Å². The van der Waals surface area contributed by atoms with Crippen molar-refractivity contribution in [3.05, 3.63) is 11.6 Å². The van der Waals surface area contributed by atoms with Crippen LogP contribution in [0.5, 0.6) is 0 Å². The van der Waals surface area contributed by atoms with Crippen LogP contribution in [0, 0.1) is 22.7 Å². The molecular weight excluding hydrogens is 393 g/mol. The maximum absolute atomic E-state index is 15.3. The van der Waals surface area contributed by atoms with Gasteiger partial charge in [0.2, 0.25) is 0 Å². The standard InChI is InChI=1S/C20H26BrF3O/c1-17-7-5-13(25)11-12(17)3-4-15-14-6-8-20(24,16(22)23)18(14,2)9-10-19(15,17)21/h11,14-16H,3-10H2,1-2H3/t14-,15-,17-,18-,19-,20?/m0/s1. The Labute approximate surface area is 155 Å². The average molecular weight is 419 g/mol. The summed E-state index contributed by atoms with van der Waals surface area (Å²) in [7, 11) is 0. The van der Waals surface area contributed by atoms with Crippen LogP contribution in [-0.4, -0.2) is 22.2 Å². The molecule has 4 rings (SSSR count). The summed E-state index contributed by atoms with van der Waals surface area (Å²) in [6.45, 7) is 3.99. The van der Waals surface area contributed by atoms with Crippen LogP contribution < -0.4 is 0 Å². The van der Waals surface area contributed by atoms with Crippen molar-refractivity contribution in [2.45, 2.75) is 81.6 Å². The first-order valence-corrected chi connectivity index (χ1v) is 10.3. The Hall–Kier alpha value is -0.320. The lowest BCUT2D eigenvalue weighted by Crippen LogP contribution is -2.62. The highest BCUT2D eigenvalue weighted by Crippen LogP contribution is 2.72. The first-order valence-electron chi connectivity index (χ1n) is 9.48. The van der Waals surface area contributed by atoms with E-state index in [2.05, 4.69) is 22.9 Å². The number of allylic oxidation sites excluding steroid dienone is 1. The molecule has 4 aliphatic rings. The van der Waals surface area contributed by atoms with Gasteiger partial charge in [-0.15, -0.1) is 0 Å². The Kier molecular flexibility index (Phi) is 3.87. The predicted molar refractivity (Wildman–Crippen MR) is 94.7 cm³/mol. The lowest BCUT2D eigenvalue weighted by molar-refractivity contribution is -0.141. The molecule has 0 N–H and O–H groups in total. The summed E-state index contributed by atoms with van der Waals surface area (Å²) >= 11 is 4.06. The highest BCUT2D eigenvalue weighted by atomic mass is 79.9. The molecule has 0 aliphatic heterocycles. The number of halogens is 4. The van der Waals surface area contributed by atoms with E-state index in [4.69, 9.17) is 0 Å². The molecule has 5 heteroatoms. The molecule has 0 spiro atoms. The molecule has 140 valence electrons. The lowest BCUT2D eigenvalue weighted by atomic mass is 9.46. The van der Waals surface area contributed by atoms with Crippen LogP contribution in [0.3, 0.4) is 0 Å². The van der Waals surface area contributed by atoms with Gasteiger partial charge in [0.25, 0.3) is 6.43 Å². The molecule has 25 heavy (non-hydrogen) atoms. The van der Waals surface area contributed by atoms with E-state index < -0.39 is 17.5 Å². The van der Waals surface area contributed by atoms with Crippen LogP contribution >= 0.6 is 15.9 Å². The number of hydrogen-bond acceptors (Lipinski definition) is 1. The van der Waals surface area contributed by atoms with E-state index in [0.717, 1.165) is 19.3 Å². The number of fused-ring (bicyclic) bond motifs is 5. The van der Waals surface area contributed by atoms with Crippen molar-refractivity contribution in [3.8, 4) is 0 Å². The zero-order chi connectivity index (χ0) is 18.3. The Bertz CT molecular complexity index is 649. The van der Waals surface area contributed by atoms with E-state index in [1.54, 1.807) is 6.92 Å². The van der Waals surface area contributed by atoms with Gasteiger partial charge in [0, 0.05) is 21.6 Å². The molecule has 0 heterocycles. The summed E-state index contributed by atoms with van der Waals surface area (Å²) in [5, 5.41) is 0. The van der Waals surface area contributed by atoms with Crippen LogP contribution in [-0.2, 0) is 4.79 Å². The highest BCUT2D eigenvalue weighted by molar-refractivity contribution is 9.10. The maximum atomic E-state index is 15.3. The molecular formula is C20H26BrF3O. The predicted octanol–water partition coefficient (Wildman–Crippen LogP) is 6.01.